The maximum atomic E-state index is 11.8. The molecule has 2 aromatic rings. The smallest absolute Gasteiger partial charge is 0.251 e. The van der Waals surface area contributed by atoms with Crippen molar-refractivity contribution in [3.05, 3.63) is 65.7 Å². The Morgan fingerprint density at radius 2 is 1.60 bits per heavy atom. The molecule has 0 heterocycles. The van der Waals surface area contributed by atoms with Crippen LogP contribution in [0.3, 0.4) is 0 Å². The molecule has 2 N–H and O–H groups in total. The van der Waals surface area contributed by atoms with Crippen LogP contribution in [0.5, 0.6) is 0 Å². The number of benzene rings is 2. The second-order valence-corrected chi connectivity index (χ2v) is 6.06. The Kier molecular flexibility index (Phi) is 7.01. The number of hydrogen-bond acceptors (Lipinski definition) is 3. The summed E-state index contributed by atoms with van der Waals surface area (Å²) in [7, 11) is 4.03. The molecule has 2 aromatic carbocycles. The van der Waals surface area contributed by atoms with Crippen LogP contribution in [-0.2, 0) is 11.2 Å². The molecule has 25 heavy (non-hydrogen) atoms. The van der Waals surface area contributed by atoms with E-state index in [0.717, 1.165) is 12.8 Å². The van der Waals surface area contributed by atoms with Gasteiger partial charge in [0.25, 0.3) is 5.91 Å². The van der Waals surface area contributed by atoms with Gasteiger partial charge in [-0.15, -0.1) is 0 Å². The molecule has 0 bridgehead atoms. The Morgan fingerprint density at radius 3 is 2.24 bits per heavy atom. The minimum Gasteiger partial charge on any atom is -0.378 e. The number of nitrogens with one attached hydrogen (secondary N) is 2. The van der Waals surface area contributed by atoms with Gasteiger partial charge in [0.1, 0.15) is 0 Å². The molecule has 2 rings (SSSR count). The second-order valence-electron chi connectivity index (χ2n) is 6.06. The lowest BCUT2D eigenvalue weighted by Crippen LogP contribution is -2.37. The predicted molar refractivity (Wildman–Crippen MR) is 101 cm³/mol. The minimum atomic E-state index is -0.239. The fourth-order valence-corrected chi connectivity index (χ4v) is 2.40. The molecule has 0 aliphatic heterocycles. The molecular formula is C20H25N3O2. The quantitative estimate of drug-likeness (QED) is 0.725. The zero-order valence-corrected chi connectivity index (χ0v) is 14.8. The highest BCUT2D eigenvalue weighted by atomic mass is 16.2. The summed E-state index contributed by atoms with van der Waals surface area (Å²) in [5.74, 6) is -0.413. The van der Waals surface area contributed by atoms with E-state index >= 15 is 0 Å². The number of anilines is 1. The van der Waals surface area contributed by atoms with E-state index in [9.17, 15) is 9.59 Å². The van der Waals surface area contributed by atoms with Crippen LogP contribution in [0.1, 0.15) is 22.3 Å². The van der Waals surface area contributed by atoms with E-state index in [1.54, 1.807) is 24.3 Å². The number of carbonyl (C=O) groups is 2. The first-order valence-corrected chi connectivity index (χ1v) is 8.42. The molecule has 0 aromatic heterocycles. The average molecular weight is 339 g/mol. The van der Waals surface area contributed by atoms with Gasteiger partial charge in [0.15, 0.2) is 0 Å². The zero-order chi connectivity index (χ0) is 18.1. The summed E-state index contributed by atoms with van der Waals surface area (Å²) in [4.78, 5) is 25.7. The summed E-state index contributed by atoms with van der Waals surface area (Å²) >= 11 is 0. The highest BCUT2D eigenvalue weighted by Crippen LogP contribution is 2.13. The van der Waals surface area contributed by atoms with Crippen molar-refractivity contribution in [3.63, 3.8) is 0 Å². The lowest BCUT2D eigenvalue weighted by molar-refractivity contribution is -0.120. The van der Waals surface area contributed by atoms with Crippen LogP contribution in [0.25, 0.3) is 0 Å². The number of amides is 2. The van der Waals surface area contributed by atoms with Crippen LogP contribution >= 0.6 is 0 Å². The van der Waals surface area contributed by atoms with E-state index in [1.807, 2.05) is 20.2 Å². The monoisotopic (exact) mass is 339 g/mol. The molecular weight excluding hydrogens is 314 g/mol. The third kappa shape index (κ3) is 6.30. The molecule has 0 aliphatic carbocycles. The molecule has 132 valence electrons. The standard InChI is InChI=1S/C20H25N3O2/c1-23(2)18-12-10-16(11-13-18)7-6-14-21-19(24)15-22-20(25)17-8-4-3-5-9-17/h3-5,8-13H,6-7,14-15H2,1-2H3,(H,21,24)(H,22,25). The van der Waals surface area contributed by atoms with Crippen LogP contribution in [-0.4, -0.2) is 39.0 Å². The van der Waals surface area contributed by atoms with Crippen molar-refractivity contribution in [1.29, 1.82) is 0 Å². The van der Waals surface area contributed by atoms with Gasteiger partial charge < -0.3 is 15.5 Å². The van der Waals surface area contributed by atoms with E-state index in [0.29, 0.717) is 12.1 Å². The highest BCUT2D eigenvalue weighted by molar-refractivity contribution is 5.96. The molecule has 5 nitrogen and oxygen atoms in total. The van der Waals surface area contributed by atoms with Gasteiger partial charge in [-0.05, 0) is 42.7 Å². The third-order valence-electron chi connectivity index (χ3n) is 3.86. The van der Waals surface area contributed by atoms with E-state index in [-0.39, 0.29) is 18.4 Å². The largest absolute Gasteiger partial charge is 0.378 e. The highest BCUT2D eigenvalue weighted by Gasteiger charge is 2.06. The first-order chi connectivity index (χ1) is 12.1. The third-order valence-corrected chi connectivity index (χ3v) is 3.86. The van der Waals surface area contributed by atoms with Gasteiger partial charge in [-0.2, -0.15) is 0 Å². The van der Waals surface area contributed by atoms with Crippen LogP contribution in [0.15, 0.2) is 54.6 Å². The summed E-state index contributed by atoms with van der Waals surface area (Å²) in [6.07, 6.45) is 1.77. The van der Waals surface area contributed by atoms with Gasteiger partial charge in [0, 0.05) is 31.9 Å². The summed E-state index contributed by atoms with van der Waals surface area (Å²) in [5, 5.41) is 5.45. The summed E-state index contributed by atoms with van der Waals surface area (Å²) in [6.45, 7) is 0.584. The number of aryl methyl sites for hydroxylation is 1. The van der Waals surface area contributed by atoms with Crippen molar-refractivity contribution >= 4 is 17.5 Å². The fourth-order valence-electron chi connectivity index (χ4n) is 2.40. The van der Waals surface area contributed by atoms with Crippen molar-refractivity contribution in [3.8, 4) is 0 Å². The van der Waals surface area contributed by atoms with Crippen molar-refractivity contribution in [2.75, 3.05) is 32.1 Å². The summed E-state index contributed by atoms with van der Waals surface area (Å²) in [5.41, 5.74) is 2.97. The zero-order valence-electron chi connectivity index (χ0n) is 14.8. The second kappa shape index (κ2) is 9.47. The molecule has 2 amide bonds. The Balaban J connectivity index is 1.63. The average Bonchev–Trinajstić information content (AvgIpc) is 2.64. The number of carbonyl (C=O) groups excluding carboxylic acids is 2. The molecule has 5 heteroatoms. The summed E-state index contributed by atoms with van der Waals surface area (Å²) < 4.78 is 0. The topological polar surface area (TPSA) is 61.4 Å². The van der Waals surface area contributed by atoms with Crippen molar-refractivity contribution in [1.82, 2.24) is 10.6 Å². The maximum Gasteiger partial charge on any atom is 0.251 e. The van der Waals surface area contributed by atoms with Gasteiger partial charge >= 0.3 is 0 Å². The molecule has 0 radical (unpaired) electrons. The summed E-state index contributed by atoms with van der Waals surface area (Å²) in [6, 6.07) is 17.3. The van der Waals surface area contributed by atoms with Gasteiger partial charge in [0.05, 0.1) is 6.54 Å². The first kappa shape index (κ1) is 18.5. The molecule has 0 fully saturated rings. The molecule has 0 unspecified atom stereocenters. The van der Waals surface area contributed by atoms with Gasteiger partial charge in [0.2, 0.25) is 5.91 Å². The van der Waals surface area contributed by atoms with Crippen molar-refractivity contribution < 1.29 is 9.59 Å². The molecule has 0 saturated carbocycles. The molecule has 0 atom stereocenters. The normalized spacial score (nSPS) is 10.2. The van der Waals surface area contributed by atoms with Crippen LogP contribution < -0.4 is 15.5 Å². The first-order valence-electron chi connectivity index (χ1n) is 8.42. The Labute approximate surface area is 149 Å². The minimum absolute atomic E-state index is 0.00867. The van der Waals surface area contributed by atoms with Gasteiger partial charge in [-0.3, -0.25) is 9.59 Å². The predicted octanol–water partition coefficient (Wildman–Crippen LogP) is 2.23. The van der Waals surface area contributed by atoms with E-state index in [4.69, 9.17) is 0 Å². The SMILES string of the molecule is CN(C)c1ccc(CCCNC(=O)CNC(=O)c2ccccc2)cc1. The lowest BCUT2D eigenvalue weighted by atomic mass is 10.1. The Hall–Kier alpha value is -2.82. The van der Waals surface area contributed by atoms with Crippen LogP contribution in [0.4, 0.5) is 5.69 Å². The van der Waals surface area contributed by atoms with E-state index < -0.39 is 0 Å². The molecule has 0 spiro atoms. The van der Waals surface area contributed by atoms with Gasteiger partial charge in [-0.25, -0.2) is 0 Å². The van der Waals surface area contributed by atoms with Crippen LogP contribution in [0, 0.1) is 0 Å². The Bertz CT molecular complexity index is 682. The fraction of sp³-hybridized carbons (Fsp3) is 0.300. The Morgan fingerprint density at radius 1 is 0.920 bits per heavy atom. The molecule has 0 saturated heterocycles. The van der Waals surface area contributed by atoms with Crippen LogP contribution in [0.2, 0.25) is 0 Å². The number of hydrogen-bond donors (Lipinski definition) is 2. The lowest BCUT2D eigenvalue weighted by Gasteiger charge is -2.12. The molecule has 0 aliphatic rings. The number of rotatable bonds is 8. The van der Waals surface area contributed by atoms with Gasteiger partial charge in [-0.1, -0.05) is 30.3 Å². The van der Waals surface area contributed by atoms with Crippen molar-refractivity contribution in [2.24, 2.45) is 0 Å². The van der Waals surface area contributed by atoms with E-state index in [2.05, 4.69) is 39.8 Å². The van der Waals surface area contributed by atoms with Crippen molar-refractivity contribution in [2.45, 2.75) is 12.8 Å². The number of nitrogens with zero attached hydrogens (tertiary/aromatic N) is 1. The maximum absolute atomic E-state index is 11.8. The van der Waals surface area contributed by atoms with E-state index in [1.165, 1.54) is 11.3 Å².